The van der Waals surface area contributed by atoms with E-state index >= 15 is 33.6 Å². The number of aliphatic imine (C=N–C) groups is 1. The fourth-order valence-corrected chi connectivity index (χ4v) is 16.1. The van der Waals surface area contributed by atoms with Gasteiger partial charge in [-0.2, -0.15) is 0 Å². The Morgan fingerprint density at radius 3 is 1.13 bits per heavy atom. The highest BCUT2D eigenvalue weighted by Crippen LogP contribution is 2.23. The second-order valence-electron chi connectivity index (χ2n) is 36.9. The van der Waals surface area contributed by atoms with Gasteiger partial charge in [-0.25, -0.2) is 4.98 Å². The first-order chi connectivity index (χ1) is 64.3. The summed E-state index contributed by atoms with van der Waals surface area (Å²) in [4.78, 5) is 205. The molecule has 36 nitrogen and oxygen atoms in total. The molecule has 2 aromatic heterocycles. The molecule has 13 amide bonds. The molecule has 0 unspecified atom stereocenters. The number of aromatic amines is 2. The predicted octanol–water partition coefficient (Wildman–Crippen LogP) is 6.24. The van der Waals surface area contributed by atoms with Gasteiger partial charge in [0.15, 0.2) is 5.96 Å². The highest BCUT2D eigenvalue weighted by atomic mass is 16.2. The molecule has 0 aliphatic rings. The maximum Gasteiger partial charge on any atom is 0.243 e. The minimum absolute atomic E-state index is 0.00601. The van der Waals surface area contributed by atoms with Crippen LogP contribution in [0.15, 0.2) is 78.3 Å². The highest BCUT2D eigenvalue weighted by Gasteiger charge is 2.39. The molecule has 0 bridgehead atoms. The number of amides is 13. The first-order valence-electron chi connectivity index (χ1n) is 49.7. The number of hydrogen-bond acceptors (Lipinski definition) is 19. The van der Waals surface area contributed by atoms with Gasteiger partial charge >= 0.3 is 0 Å². The standard InChI is InChI=1S/C98H167N23O13/c1-10-13-14-15-16-17-18-19-20-21-22-23-24-25-29-50-83(122)110-73(45-32-36-51-99)87(124)115-79(57-65(6)7)93(130)117-80(58-68-41-27-26-28-42-68)94(131)113-74(46-33-37-52-100)88(125)111-77(49-40-55-107-98(104)105)90(127)119-82(60-70-62-106-63-109-70)96(133)116-78(56-64(4)5)92(129)112-75(47-34-38-53-101)89(126)118-81(59-69-61-108-72-44-31-30-43-71(69)72)95(132)114-76(48-35-39-54-102)91(128)121-85(67(9)12-3)97(134)120-84(86(103)123)66(8)11-2/h26-28,30-31,41-44,61-67,73-82,84-85,108H,10-25,29,32-40,45-60,99-102H2,1-9H3,(H2,103,123)(H,106,109)(H,110,122)(H,111,125)(H,112,129)(H,113,131)(H,114,132)(H,115,124)(H,116,133)(H,117,130)(H,118,126)(H,119,127)(H,120,134)(H,121,128)(H4,104,105,107)/t66-,67-,73-,74-,75-,76-,77-,78-,79-,80-,81-,82-,84-,85-/m0/s1. The van der Waals surface area contributed by atoms with Gasteiger partial charge in [0.05, 0.1) is 6.33 Å². The van der Waals surface area contributed by atoms with Crippen molar-refractivity contribution in [3.05, 3.63) is 90.1 Å². The third-order valence-electron chi connectivity index (χ3n) is 24.5. The number of guanidine groups is 1. The lowest BCUT2D eigenvalue weighted by Crippen LogP contribution is -2.61. The van der Waals surface area contributed by atoms with E-state index in [0.717, 1.165) is 36.6 Å². The minimum atomic E-state index is -1.51. The number of rotatable bonds is 74. The van der Waals surface area contributed by atoms with Gasteiger partial charge in [0, 0.05) is 61.2 Å². The summed E-state index contributed by atoms with van der Waals surface area (Å²) in [5.41, 5.74) is 43.4. The van der Waals surface area contributed by atoms with Gasteiger partial charge in [-0.15, -0.1) is 0 Å². The van der Waals surface area contributed by atoms with Crippen LogP contribution in [0.4, 0.5) is 0 Å². The summed E-state index contributed by atoms with van der Waals surface area (Å²) >= 11 is 0. The Kier molecular flexibility index (Phi) is 57.6. The summed E-state index contributed by atoms with van der Waals surface area (Å²) in [6, 6.07) is 0.623. The minimum Gasteiger partial charge on any atom is -0.370 e. The number of hydrogen-bond donors (Lipinski definition) is 21. The molecule has 36 heteroatoms. The number of carbonyl (C=O) groups is 13. The number of unbranched alkanes of at least 4 members (excludes halogenated alkanes) is 18. The molecule has 0 aliphatic carbocycles. The van der Waals surface area contributed by atoms with Crippen LogP contribution in [0.3, 0.4) is 0 Å². The van der Waals surface area contributed by atoms with Crippen molar-refractivity contribution in [2.75, 3.05) is 32.7 Å². The molecule has 4 rings (SSSR count). The van der Waals surface area contributed by atoms with Crippen molar-refractivity contribution in [1.29, 1.82) is 0 Å². The average molecular weight is 1880 g/mol. The number of aromatic nitrogens is 3. The Morgan fingerprint density at radius 2 is 0.716 bits per heavy atom. The van der Waals surface area contributed by atoms with Crippen molar-refractivity contribution in [2.45, 2.75) is 372 Å². The topological polar surface area (TPSA) is 605 Å². The number of carbonyl (C=O) groups excluding carboxylic acids is 13. The SMILES string of the molecule is CCCCCCCCCCCCCCCCCC(=O)N[C@@H](CCCCN)C(=O)N[C@@H](CC(C)C)C(=O)N[C@@H](Cc1ccccc1)C(=O)N[C@@H](CCCCN)C(=O)N[C@@H](CCCN=C(N)N)C(=O)N[C@@H](Cc1cnc[nH]1)C(=O)N[C@@H](CC(C)C)C(=O)N[C@@H](CCCCN)C(=O)N[C@@H](Cc1c[nH]c2ccccc12)C(=O)N[C@@H](CCCCN)C(=O)N[C@H](C(=O)N[C@H](C(N)=O)[C@@H](C)CC)[C@@H](C)CC. The van der Waals surface area contributed by atoms with Crippen LogP contribution in [0.5, 0.6) is 0 Å². The lowest BCUT2D eigenvalue weighted by atomic mass is 9.94. The molecule has 28 N–H and O–H groups in total. The predicted molar refractivity (Wildman–Crippen MR) is 526 cm³/mol. The van der Waals surface area contributed by atoms with Crippen LogP contribution in [0.1, 0.15) is 297 Å². The largest absolute Gasteiger partial charge is 0.370 e. The smallest absolute Gasteiger partial charge is 0.243 e. The average Bonchev–Trinajstić information content (AvgIpc) is 1.51. The molecule has 752 valence electrons. The highest BCUT2D eigenvalue weighted by molar-refractivity contribution is 6.00. The van der Waals surface area contributed by atoms with Gasteiger partial charge < -0.3 is 114 Å². The van der Waals surface area contributed by atoms with E-state index in [1.54, 1.807) is 50.4 Å². The van der Waals surface area contributed by atoms with Crippen molar-refractivity contribution in [3.63, 3.8) is 0 Å². The first-order valence-corrected chi connectivity index (χ1v) is 49.7. The number of benzene rings is 2. The molecule has 0 radical (unpaired) electrons. The zero-order chi connectivity index (χ0) is 98.7. The number of nitrogens with zero attached hydrogens (tertiary/aromatic N) is 2. The van der Waals surface area contributed by atoms with Crippen LogP contribution < -0.4 is 104 Å². The van der Waals surface area contributed by atoms with E-state index in [1.807, 2.05) is 65.8 Å². The Hall–Kier alpha value is -10.6. The zero-order valence-corrected chi connectivity index (χ0v) is 81.6. The van der Waals surface area contributed by atoms with Gasteiger partial charge in [0.25, 0.3) is 0 Å². The van der Waals surface area contributed by atoms with E-state index in [1.165, 1.54) is 76.7 Å². The molecule has 0 spiro atoms. The number of nitrogens with one attached hydrogen (secondary N) is 14. The number of imidazole rings is 1. The Labute approximate surface area is 794 Å². The summed E-state index contributed by atoms with van der Waals surface area (Å²) in [6.07, 6.45) is 26.7. The summed E-state index contributed by atoms with van der Waals surface area (Å²) in [5, 5.41) is 35.0. The summed E-state index contributed by atoms with van der Waals surface area (Å²) < 4.78 is 0. The Balaban J connectivity index is 1.66. The van der Waals surface area contributed by atoms with Crippen molar-refractivity contribution in [3.8, 4) is 0 Å². The molecule has 4 aromatic rings. The van der Waals surface area contributed by atoms with Crippen LogP contribution in [-0.2, 0) is 81.6 Å². The van der Waals surface area contributed by atoms with Crippen LogP contribution >= 0.6 is 0 Å². The van der Waals surface area contributed by atoms with E-state index in [-0.39, 0.29) is 133 Å². The second kappa shape index (κ2) is 66.8. The number of fused-ring (bicyclic) bond motifs is 1. The Bertz CT molecular complexity index is 4150. The lowest BCUT2D eigenvalue weighted by Gasteiger charge is -2.30. The van der Waals surface area contributed by atoms with Gasteiger partial charge in [0.2, 0.25) is 76.8 Å². The zero-order valence-electron chi connectivity index (χ0n) is 81.6. The van der Waals surface area contributed by atoms with Gasteiger partial charge in [-0.3, -0.25) is 67.3 Å². The molecular formula is C98H167N23O13. The van der Waals surface area contributed by atoms with Gasteiger partial charge in [-0.1, -0.05) is 214 Å². The molecule has 0 saturated heterocycles. The van der Waals surface area contributed by atoms with E-state index in [9.17, 15) is 28.8 Å². The van der Waals surface area contributed by atoms with Crippen LogP contribution in [-0.4, -0.2) is 203 Å². The summed E-state index contributed by atoms with van der Waals surface area (Å²) in [5.74, 6) is -10.9. The lowest BCUT2D eigenvalue weighted by molar-refractivity contribution is -0.136. The fourth-order valence-electron chi connectivity index (χ4n) is 16.1. The maximum absolute atomic E-state index is 15.2. The number of para-hydroxylation sites is 1. The van der Waals surface area contributed by atoms with Crippen molar-refractivity contribution >= 4 is 93.7 Å². The maximum atomic E-state index is 15.2. The quantitative estimate of drug-likeness (QED) is 0.0132. The Morgan fingerprint density at radius 1 is 0.358 bits per heavy atom. The summed E-state index contributed by atoms with van der Waals surface area (Å²) in [7, 11) is 0. The number of primary amides is 1. The van der Waals surface area contributed by atoms with Crippen LogP contribution in [0.25, 0.3) is 10.9 Å². The molecule has 0 aliphatic heterocycles. The van der Waals surface area contributed by atoms with E-state index in [4.69, 9.17) is 40.1 Å². The van der Waals surface area contributed by atoms with E-state index in [2.05, 4.69) is 90.7 Å². The molecule has 134 heavy (non-hydrogen) atoms. The van der Waals surface area contributed by atoms with Gasteiger partial charge in [-0.05, 0) is 176 Å². The number of H-pyrrole nitrogens is 2. The van der Waals surface area contributed by atoms with Crippen molar-refractivity contribution in [2.24, 2.45) is 68.8 Å². The first kappa shape index (κ1) is 116. The van der Waals surface area contributed by atoms with Crippen LogP contribution in [0.2, 0.25) is 0 Å². The normalized spacial score (nSPS) is 14.6. The van der Waals surface area contributed by atoms with Crippen molar-refractivity contribution in [1.82, 2.24) is 78.8 Å². The fraction of sp³-hybridized carbons (Fsp3) is 0.684. The van der Waals surface area contributed by atoms with Gasteiger partial charge in [0.1, 0.15) is 72.5 Å². The molecule has 14 atom stereocenters. The van der Waals surface area contributed by atoms with E-state index < -0.39 is 149 Å². The van der Waals surface area contributed by atoms with E-state index in [0.29, 0.717) is 94.0 Å². The van der Waals surface area contributed by atoms with Crippen molar-refractivity contribution < 1.29 is 62.3 Å². The monoisotopic (exact) mass is 1870 g/mol. The second-order valence-corrected chi connectivity index (χ2v) is 36.9. The molecule has 2 heterocycles. The summed E-state index contributed by atoms with van der Waals surface area (Å²) in [6.45, 7) is 17.9. The molecule has 0 saturated carbocycles. The third kappa shape index (κ3) is 45.6. The third-order valence-corrected chi connectivity index (χ3v) is 24.5. The molecule has 0 fully saturated rings. The molecular weight excluding hydrogens is 1710 g/mol. The molecule has 2 aromatic carbocycles. The van der Waals surface area contributed by atoms with Crippen LogP contribution in [0, 0.1) is 23.7 Å². The number of nitrogens with two attached hydrogens (primary N) is 7.